The van der Waals surface area contributed by atoms with Gasteiger partial charge in [-0.2, -0.15) is 4.98 Å². The first-order valence-electron chi connectivity index (χ1n) is 6.28. The van der Waals surface area contributed by atoms with Gasteiger partial charge in [-0.1, -0.05) is 25.9 Å². The van der Waals surface area contributed by atoms with E-state index in [0.717, 1.165) is 18.9 Å². The summed E-state index contributed by atoms with van der Waals surface area (Å²) in [6, 6.07) is 0.472. The van der Waals surface area contributed by atoms with Crippen LogP contribution in [-0.4, -0.2) is 34.2 Å². The van der Waals surface area contributed by atoms with Crippen LogP contribution in [0.2, 0.25) is 0 Å². The van der Waals surface area contributed by atoms with Crippen LogP contribution in [0.3, 0.4) is 0 Å². The normalized spacial score (nSPS) is 22.2. The molecule has 96 valence electrons. The zero-order chi connectivity index (χ0) is 12.5. The number of aromatic nitrogens is 2. The van der Waals surface area contributed by atoms with Crippen molar-refractivity contribution in [1.29, 1.82) is 0 Å². The lowest BCUT2D eigenvalue weighted by atomic mass is 9.96. The second-order valence-electron chi connectivity index (χ2n) is 5.76. The van der Waals surface area contributed by atoms with Gasteiger partial charge in [-0.15, -0.1) is 0 Å². The maximum Gasteiger partial charge on any atom is 0.240 e. The number of rotatable bonds is 3. The highest BCUT2D eigenvalue weighted by Crippen LogP contribution is 2.21. The first kappa shape index (κ1) is 12.5. The van der Waals surface area contributed by atoms with E-state index >= 15 is 0 Å². The van der Waals surface area contributed by atoms with Crippen molar-refractivity contribution in [2.24, 2.45) is 5.73 Å². The molecular weight excluding hydrogens is 216 g/mol. The van der Waals surface area contributed by atoms with Gasteiger partial charge in [0.25, 0.3) is 0 Å². The molecule has 2 N–H and O–H groups in total. The van der Waals surface area contributed by atoms with Crippen molar-refractivity contribution < 1.29 is 4.52 Å². The summed E-state index contributed by atoms with van der Waals surface area (Å²) >= 11 is 0. The Labute approximate surface area is 102 Å². The van der Waals surface area contributed by atoms with Crippen molar-refractivity contribution in [3.63, 3.8) is 0 Å². The van der Waals surface area contributed by atoms with Crippen molar-refractivity contribution in [3.05, 3.63) is 11.7 Å². The van der Waals surface area contributed by atoms with Gasteiger partial charge in [-0.25, -0.2) is 0 Å². The average Bonchev–Trinajstić information content (AvgIpc) is 2.86. The highest BCUT2D eigenvalue weighted by atomic mass is 16.5. The Morgan fingerprint density at radius 2 is 2.24 bits per heavy atom. The monoisotopic (exact) mass is 238 g/mol. The van der Waals surface area contributed by atoms with Crippen LogP contribution in [0.5, 0.6) is 0 Å². The molecule has 1 atom stereocenters. The van der Waals surface area contributed by atoms with Crippen LogP contribution in [0, 0.1) is 0 Å². The third-order valence-electron chi connectivity index (χ3n) is 3.25. The van der Waals surface area contributed by atoms with E-state index in [9.17, 15) is 0 Å². The second kappa shape index (κ2) is 4.74. The molecule has 0 bridgehead atoms. The molecule has 17 heavy (non-hydrogen) atoms. The summed E-state index contributed by atoms with van der Waals surface area (Å²) in [5.74, 6) is 1.48. The molecule has 5 heteroatoms. The van der Waals surface area contributed by atoms with Crippen molar-refractivity contribution >= 4 is 0 Å². The van der Waals surface area contributed by atoms with E-state index in [0.29, 0.717) is 18.5 Å². The lowest BCUT2D eigenvalue weighted by molar-refractivity contribution is 0.214. The Hall–Kier alpha value is -0.940. The molecule has 1 aliphatic rings. The summed E-state index contributed by atoms with van der Waals surface area (Å²) in [7, 11) is 0. The predicted molar refractivity (Wildman–Crippen MR) is 65.5 cm³/mol. The molecule has 0 spiro atoms. The lowest BCUT2D eigenvalue weighted by Crippen LogP contribution is -2.34. The summed E-state index contributed by atoms with van der Waals surface area (Å²) in [4.78, 5) is 6.79. The van der Waals surface area contributed by atoms with E-state index in [-0.39, 0.29) is 5.41 Å². The smallest absolute Gasteiger partial charge is 0.240 e. The molecule has 2 rings (SSSR count). The molecule has 5 nitrogen and oxygen atoms in total. The van der Waals surface area contributed by atoms with Gasteiger partial charge in [-0.05, 0) is 19.4 Å². The van der Waals surface area contributed by atoms with E-state index < -0.39 is 0 Å². The first-order chi connectivity index (χ1) is 8.00. The van der Waals surface area contributed by atoms with Crippen molar-refractivity contribution in [1.82, 2.24) is 15.0 Å². The highest BCUT2D eigenvalue weighted by Gasteiger charge is 2.26. The largest absolute Gasteiger partial charge is 0.338 e. The van der Waals surface area contributed by atoms with Crippen LogP contribution in [0.4, 0.5) is 0 Å². The van der Waals surface area contributed by atoms with E-state index in [1.54, 1.807) is 0 Å². The summed E-state index contributed by atoms with van der Waals surface area (Å²) in [6.45, 7) is 8.76. The van der Waals surface area contributed by atoms with Gasteiger partial charge in [0, 0.05) is 18.0 Å². The molecular formula is C12H22N4O. The maximum absolute atomic E-state index is 5.74. The van der Waals surface area contributed by atoms with Crippen molar-refractivity contribution in [2.45, 2.75) is 51.6 Å². The van der Waals surface area contributed by atoms with Crippen LogP contribution < -0.4 is 5.73 Å². The fraction of sp³-hybridized carbons (Fsp3) is 0.833. The third-order valence-corrected chi connectivity index (χ3v) is 3.25. The number of hydrogen-bond donors (Lipinski definition) is 1. The summed E-state index contributed by atoms with van der Waals surface area (Å²) in [5, 5.41) is 4.04. The standard InChI is InChI=1S/C12H22N4O/c1-12(2,3)11-14-10(17-15-11)8-16-6-4-5-9(16)7-13/h9H,4-8,13H2,1-3H3. The fourth-order valence-electron chi connectivity index (χ4n) is 2.17. The molecule has 0 saturated carbocycles. The lowest BCUT2D eigenvalue weighted by Gasteiger charge is -2.20. The van der Waals surface area contributed by atoms with E-state index in [2.05, 4.69) is 35.8 Å². The fourth-order valence-corrected chi connectivity index (χ4v) is 2.17. The minimum absolute atomic E-state index is 0.0555. The van der Waals surface area contributed by atoms with Gasteiger partial charge in [0.1, 0.15) is 0 Å². The van der Waals surface area contributed by atoms with E-state index in [4.69, 9.17) is 10.3 Å². The minimum atomic E-state index is -0.0555. The van der Waals surface area contributed by atoms with Gasteiger partial charge >= 0.3 is 0 Å². The molecule has 1 aromatic heterocycles. The minimum Gasteiger partial charge on any atom is -0.338 e. The number of nitrogens with zero attached hydrogens (tertiary/aromatic N) is 3. The SMILES string of the molecule is CC(C)(C)c1noc(CN2CCCC2CN)n1. The Morgan fingerprint density at radius 3 is 2.82 bits per heavy atom. The highest BCUT2D eigenvalue weighted by molar-refractivity contribution is 5.00. The van der Waals surface area contributed by atoms with Crippen LogP contribution in [0.15, 0.2) is 4.52 Å². The molecule has 0 aromatic carbocycles. The van der Waals surface area contributed by atoms with Crippen LogP contribution in [0.1, 0.15) is 45.3 Å². The third kappa shape index (κ3) is 2.84. The topological polar surface area (TPSA) is 68.2 Å². The number of hydrogen-bond acceptors (Lipinski definition) is 5. The average molecular weight is 238 g/mol. The van der Waals surface area contributed by atoms with Gasteiger partial charge < -0.3 is 10.3 Å². The van der Waals surface area contributed by atoms with Crippen molar-refractivity contribution in [3.8, 4) is 0 Å². The summed E-state index contributed by atoms with van der Waals surface area (Å²) in [6.07, 6.45) is 2.39. The molecule has 0 amide bonds. The van der Waals surface area contributed by atoms with Crippen LogP contribution >= 0.6 is 0 Å². The second-order valence-corrected chi connectivity index (χ2v) is 5.76. The number of nitrogens with two attached hydrogens (primary N) is 1. The predicted octanol–water partition coefficient (Wildman–Crippen LogP) is 1.29. The quantitative estimate of drug-likeness (QED) is 0.859. The molecule has 1 unspecified atom stereocenters. The molecule has 1 aromatic rings. The van der Waals surface area contributed by atoms with Crippen LogP contribution in [0.25, 0.3) is 0 Å². The molecule has 1 aliphatic heterocycles. The molecule has 1 fully saturated rings. The van der Waals surface area contributed by atoms with E-state index in [1.807, 2.05) is 0 Å². The Morgan fingerprint density at radius 1 is 1.47 bits per heavy atom. The van der Waals surface area contributed by atoms with Gasteiger partial charge in [0.2, 0.25) is 5.89 Å². The number of likely N-dealkylation sites (tertiary alicyclic amines) is 1. The van der Waals surface area contributed by atoms with Crippen molar-refractivity contribution in [2.75, 3.05) is 13.1 Å². The van der Waals surface area contributed by atoms with Crippen LogP contribution in [-0.2, 0) is 12.0 Å². The Kier molecular flexibility index (Phi) is 3.49. The molecule has 1 saturated heterocycles. The zero-order valence-electron chi connectivity index (χ0n) is 10.9. The summed E-state index contributed by atoms with van der Waals surface area (Å²) in [5.41, 5.74) is 5.69. The maximum atomic E-state index is 5.74. The summed E-state index contributed by atoms with van der Waals surface area (Å²) < 4.78 is 5.30. The first-order valence-corrected chi connectivity index (χ1v) is 6.28. The van der Waals surface area contributed by atoms with Gasteiger partial charge in [0.05, 0.1) is 6.54 Å². The Bertz CT molecular complexity index is 369. The zero-order valence-corrected chi connectivity index (χ0v) is 10.9. The molecule has 2 heterocycles. The molecule has 0 radical (unpaired) electrons. The Balaban J connectivity index is 2.02. The van der Waals surface area contributed by atoms with E-state index in [1.165, 1.54) is 12.8 Å². The van der Waals surface area contributed by atoms with Gasteiger partial charge in [0.15, 0.2) is 5.82 Å². The van der Waals surface area contributed by atoms with Gasteiger partial charge in [-0.3, -0.25) is 4.90 Å². The molecule has 0 aliphatic carbocycles.